The minimum absolute atomic E-state index is 0.253. The van der Waals surface area contributed by atoms with Crippen LogP contribution in [0.25, 0.3) is 5.95 Å². The highest BCUT2D eigenvalue weighted by molar-refractivity contribution is 6.03. The number of carbonyl (C=O) groups is 1. The van der Waals surface area contributed by atoms with Gasteiger partial charge in [-0.15, -0.1) is 0 Å². The van der Waals surface area contributed by atoms with E-state index in [9.17, 15) is 4.79 Å². The number of anilines is 1. The summed E-state index contributed by atoms with van der Waals surface area (Å²) in [6.07, 6.45) is 6.24. The molecule has 3 heterocycles. The van der Waals surface area contributed by atoms with E-state index in [-0.39, 0.29) is 5.91 Å². The number of nitrogens with zero attached hydrogens (tertiary/aromatic N) is 5. The SMILES string of the molecule is Cc1nn(-c2ncc(NC(=O)c3cccnc3)cn2)c(C)c1C. The smallest absolute Gasteiger partial charge is 0.257 e. The number of pyridine rings is 1. The van der Waals surface area contributed by atoms with Gasteiger partial charge in [0, 0.05) is 18.1 Å². The molecule has 1 amide bonds. The Morgan fingerprint density at radius 3 is 2.43 bits per heavy atom. The van der Waals surface area contributed by atoms with Crippen molar-refractivity contribution in [2.75, 3.05) is 5.32 Å². The second-order valence-corrected chi connectivity index (χ2v) is 5.18. The Hall–Kier alpha value is -3.09. The lowest BCUT2D eigenvalue weighted by atomic mass is 10.2. The van der Waals surface area contributed by atoms with Crippen molar-refractivity contribution in [3.63, 3.8) is 0 Å². The zero-order valence-corrected chi connectivity index (χ0v) is 13.1. The Morgan fingerprint density at radius 1 is 1.13 bits per heavy atom. The molecule has 0 saturated carbocycles. The predicted molar refractivity (Wildman–Crippen MR) is 85.6 cm³/mol. The van der Waals surface area contributed by atoms with Crippen molar-refractivity contribution in [3.05, 3.63) is 59.4 Å². The molecular formula is C16H16N6O. The van der Waals surface area contributed by atoms with E-state index in [2.05, 4.69) is 25.4 Å². The fraction of sp³-hybridized carbons (Fsp3) is 0.188. The quantitative estimate of drug-likeness (QED) is 0.802. The summed E-state index contributed by atoms with van der Waals surface area (Å²) >= 11 is 0. The summed E-state index contributed by atoms with van der Waals surface area (Å²) in [5.74, 6) is 0.217. The Morgan fingerprint density at radius 2 is 1.87 bits per heavy atom. The summed E-state index contributed by atoms with van der Waals surface area (Å²) in [4.78, 5) is 24.5. The first kappa shape index (κ1) is 14.8. The molecule has 7 heteroatoms. The van der Waals surface area contributed by atoms with Gasteiger partial charge in [0.25, 0.3) is 11.9 Å². The van der Waals surface area contributed by atoms with Gasteiger partial charge in [0.2, 0.25) is 0 Å². The first-order valence-corrected chi connectivity index (χ1v) is 7.13. The molecule has 0 spiro atoms. The van der Waals surface area contributed by atoms with Gasteiger partial charge in [-0.2, -0.15) is 5.10 Å². The lowest BCUT2D eigenvalue weighted by Gasteiger charge is -2.06. The number of carbonyl (C=O) groups excluding carboxylic acids is 1. The van der Waals surface area contributed by atoms with Crippen LogP contribution in [0.1, 0.15) is 27.3 Å². The van der Waals surface area contributed by atoms with Crippen LogP contribution in [0.3, 0.4) is 0 Å². The molecule has 0 aliphatic carbocycles. The number of hydrogen-bond donors (Lipinski definition) is 1. The van der Waals surface area contributed by atoms with Crippen molar-refractivity contribution in [1.82, 2.24) is 24.7 Å². The number of aromatic nitrogens is 5. The molecule has 0 aliphatic heterocycles. The summed E-state index contributed by atoms with van der Waals surface area (Å²) in [6, 6.07) is 3.40. The number of aryl methyl sites for hydroxylation is 1. The largest absolute Gasteiger partial charge is 0.319 e. The van der Waals surface area contributed by atoms with Crippen LogP contribution >= 0.6 is 0 Å². The first-order valence-electron chi connectivity index (χ1n) is 7.13. The number of rotatable bonds is 3. The summed E-state index contributed by atoms with van der Waals surface area (Å²) in [7, 11) is 0. The lowest BCUT2D eigenvalue weighted by molar-refractivity contribution is 0.102. The highest BCUT2D eigenvalue weighted by Crippen LogP contribution is 2.15. The summed E-state index contributed by atoms with van der Waals surface area (Å²) in [5.41, 5.74) is 4.05. The molecule has 0 fully saturated rings. The van der Waals surface area contributed by atoms with E-state index in [0.29, 0.717) is 17.2 Å². The molecule has 7 nitrogen and oxygen atoms in total. The van der Waals surface area contributed by atoms with E-state index >= 15 is 0 Å². The molecule has 23 heavy (non-hydrogen) atoms. The average Bonchev–Trinajstić information content (AvgIpc) is 2.84. The second kappa shape index (κ2) is 5.96. The Bertz CT molecular complexity index is 839. The molecule has 0 bridgehead atoms. The van der Waals surface area contributed by atoms with Crippen molar-refractivity contribution in [1.29, 1.82) is 0 Å². The average molecular weight is 308 g/mol. The molecule has 0 saturated heterocycles. The van der Waals surface area contributed by atoms with Crippen LogP contribution in [0.5, 0.6) is 0 Å². The van der Waals surface area contributed by atoms with Crippen molar-refractivity contribution in [2.45, 2.75) is 20.8 Å². The third-order valence-electron chi connectivity index (χ3n) is 3.66. The fourth-order valence-electron chi connectivity index (χ4n) is 2.11. The van der Waals surface area contributed by atoms with Gasteiger partial charge in [-0.05, 0) is 38.5 Å². The van der Waals surface area contributed by atoms with E-state index in [4.69, 9.17) is 0 Å². The Kier molecular flexibility index (Phi) is 3.84. The van der Waals surface area contributed by atoms with Crippen LogP contribution in [0.15, 0.2) is 36.9 Å². The summed E-state index contributed by atoms with van der Waals surface area (Å²) in [5, 5.41) is 7.15. The summed E-state index contributed by atoms with van der Waals surface area (Å²) < 4.78 is 1.69. The Labute approximate surface area is 133 Å². The Balaban J connectivity index is 1.80. The highest BCUT2D eigenvalue weighted by atomic mass is 16.1. The molecule has 3 aromatic rings. The van der Waals surface area contributed by atoms with E-state index in [1.807, 2.05) is 20.8 Å². The topological polar surface area (TPSA) is 85.6 Å². The van der Waals surface area contributed by atoms with Gasteiger partial charge < -0.3 is 5.32 Å². The van der Waals surface area contributed by atoms with Crippen molar-refractivity contribution < 1.29 is 4.79 Å². The van der Waals surface area contributed by atoms with Gasteiger partial charge in [0.1, 0.15) is 0 Å². The van der Waals surface area contributed by atoms with Gasteiger partial charge in [-0.25, -0.2) is 14.6 Å². The molecule has 0 atom stereocenters. The maximum Gasteiger partial charge on any atom is 0.257 e. The molecule has 1 N–H and O–H groups in total. The van der Waals surface area contributed by atoms with Crippen LogP contribution in [0.4, 0.5) is 5.69 Å². The maximum absolute atomic E-state index is 12.0. The minimum Gasteiger partial charge on any atom is -0.319 e. The first-order chi connectivity index (χ1) is 11.1. The van der Waals surface area contributed by atoms with E-state index in [1.54, 1.807) is 35.4 Å². The summed E-state index contributed by atoms with van der Waals surface area (Å²) in [6.45, 7) is 5.93. The van der Waals surface area contributed by atoms with Gasteiger partial charge in [0.15, 0.2) is 0 Å². The van der Waals surface area contributed by atoms with Crippen LogP contribution in [0, 0.1) is 20.8 Å². The number of amides is 1. The van der Waals surface area contributed by atoms with Gasteiger partial charge in [-0.3, -0.25) is 9.78 Å². The third-order valence-corrected chi connectivity index (χ3v) is 3.66. The van der Waals surface area contributed by atoms with Crippen LogP contribution in [0.2, 0.25) is 0 Å². The van der Waals surface area contributed by atoms with Gasteiger partial charge >= 0.3 is 0 Å². The van der Waals surface area contributed by atoms with Crippen LogP contribution in [-0.4, -0.2) is 30.6 Å². The van der Waals surface area contributed by atoms with E-state index in [0.717, 1.165) is 17.0 Å². The van der Waals surface area contributed by atoms with Crippen molar-refractivity contribution in [2.24, 2.45) is 0 Å². The maximum atomic E-state index is 12.0. The molecule has 0 radical (unpaired) electrons. The molecule has 3 aromatic heterocycles. The zero-order chi connectivity index (χ0) is 16.4. The molecule has 0 aliphatic rings. The predicted octanol–water partition coefficient (Wildman–Crippen LogP) is 2.23. The molecule has 0 unspecified atom stereocenters. The van der Waals surface area contributed by atoms with E-state index in [1.165, 1.54) is 6.20 Å². The van der Waals surface area contributed by atoms with Crippen molar-refractivity contribution >= 4 is 11.6 Å². The monoisotopic (exact) mass is 308 g/mol. The van der Waals surface area contributed by atoms with Gasteiger partial charge in [-0.1, -0.05) is 0 Å². The second-order valence-electron chi connectivity index (χ2n) is 5.18. The highest BCUT2D eigenvalue weighted by Gasteiger charge is 2.11. The molecule has 3 rings (SSSR count). The molecular weight excluding hydrogens is 292 g/mol. The van der Waals surface area contributed by atoms with Crippen LogP contribution < -0.4 is 5.32 Å². The molecule has 0 aromatic carbocycles. The third kappa shape index (κ3) is 2.94. The standard InChI is InChI=1S/C16H16N6O/c1-10-11(2)21-22(12(10)3)16-18-8-14(9-19-16)20-15(23)13-5-4-6-17-7-13/h4-9H,1-3H3,(H,20,23). The molecule has 116 valence electrons. The van der Waals surface area contributed by atoms with Crippen LogP contribution in [-0.2, 0) is 0 Å². The van der Waals surface area contributed by atoms with Gasteiger partial charge in [0.05, 0.1) is 29.3 Å². The lowest BCUT2D eigenvalue weighted by Crippen LogP contribution is -2.13. The normalized spacial score (nSPS) is 10.6. The fourth-order valence-corrected chi connectivity index (χ4v) is 2.11. The number of hydrogen-bond acceptors (Lipinski definition) is 5. The zero-order valence-electron chi connectivity index (χ0n) is 13.1. The van der Waals surface area contributed by atoms with E-state index < -0.39 is 0 Å². The number of nitrogens with one attached hydrogen (secondary N) is 1. The minimum atomic E-state index is -0.253. The van der Waals surface area contributed by atoms with Crippen molar-refractivity contribution in [3.8, 4) is 5.95 Å².